The van der Waals surface area contributed by atoms with E-state index < -0.39 is 0 Å². The van der Waals surface area contributed by atoms with Gasteiger partial charge in [-0.1, -0.05) is 41.2 Å². The smallest absolute Gasteiger partial charge is 0.159 e. The quantitative estimate of drug-likeness (QED) is 0.754. The number of rotatable bonds is 5. The predicted molar refractivity (Wildman–Crippen MR) is 69.0 cm³/mol. The molecule has 0 fully saturated rings. The summed E-state index contributed by atoms with van der Waals surface area (Å²) in [7, 11) is 0. The van der Waals surface area contributed by atoms with Crippen LogP contribution in [-0.4, -0.2) is 17.9 Å². The van der Waals surface area contributed by atoms with Crippen molar-refractivity contribution < 1.29 is 4.79 Å². The first-order valence-corrected chi connectivity index (χ1v) is 5.82. The highest BCUT2D eigenvalue weighted by Crippen LogP contribution is 2.17. The molecule has 3 nitrogen and oxygen atoms in total. The minimum atomic E-state index is -0.339. The number of Topliss-reactive ketones (excluding diaryl/α,β-unsaturated/α-hetero) is 1. The highest BCUT2D eigenvalue weighted by Gasteiger charge is 2.27. The Balaban J connectivity index is 4.42. The molecule has 0 aliphatic heterocycles. The summed E-state index contributed by atoms with van der Waals surface area (Å²) in [5.74, 6) is 0.488. The van der Waals surface area contributed by atoms with Gasteiger partial charge in [-0.15, -0.1) is 0 Å². The van der Waals surface area contributed by atoms with Crippen molar-refractivity contribution in [1.29, 1.82) is 0 Å². The Morgan fingerprint density at radius 3 is 2.00 bits per heavy atom. The molecule has 0 amide bonds. The van der Waals surface area contributed by atoms with E-state index >= 15 is 0 Å². The van der Waals surface area contributed by atoms with Crippen LogP contribution in [0.15, 0.2) is 12.3 Å². The Morgan fingerprint density at radius 2 is 1.69 bits per heavy atom. The summed E-state index contributed by atoms with van der Waals surface area (Å²) >= 11 is 0. The van der Waals surface area contributed by atoms with Gasteiger partial charge in [0.15, 0.2) is 5.78 Å². The van der Waals surface area contributed by atoms with E-state index in [1.165, 1.54) is 0 Å². The Hall–Kier alpha value is -0.830. The lowest BCUT2D eigenvalue weighted by atomic mass is 9.86. The molecular weight excluding hydrogens is 200 g/mol. The highest BCUT2D eigenvalue weighted by atomic mass is 16.1. The number of ketones is 1. The first kappa shape index (κ1) is 15.2. The van der Waals surface area contributed by atoms with Crippen molar-refractivity contribution in [3.05, 3.63) is 12.3 Å². The van der Waals surface area contributed by atoms with Crippen molar-refractivity contribution in [2.24, 2.45) is 17.1 Å². The van der Waals surface area contributed by atoms with Crippen molar-refractivity contribution in [1.82, 2.24) is 5.32 Å². The third-order valence-electron chi connectivity index (χ3n) is 2.65. The van der Waals surface area contributed by atoms with Crippen LogP contribution in [0.2, 0.25) is 0 Å². The van der Waals surface area contributed by atoms with E-state index in [0.29, 0.717) is 5.92 Å². The maximum Gasteiger partial charge on any atom is 0.159 e. The maximum atomic E-state index is 11.9. The van der Waals surface area contributed by atoms with E-state index in [1.54, 1.807) is 0 Å². The normalized spacial score (nSPS) is 15.8. The van der Waals surface area contributed by atoms with E-state index in [9.17, 15) is 4.79 Å². The summed E-state index contributed by atoms with van der Waals surface area (Å²) in [5.41, 5.74) is 6.34. The SMILES string of the molecule is C=C(NC(C)C(=O)C(C)(C)C)C(N)C(C)C. The molecule has 0 saturated carbocycles. The summed E-state index contributed by atoms with van der Waals surface area (Å²) in [5, 5.41) is 3.10. The molecule has 3 N–H and O–H groups in total. The van der Waals surface area contributed by atoms with Gasteiger partial charge in [0.1, 0.15) is 0 Å². The van der Waals surface area contributed by atoms with Gasteiger partial charge in [-0.25, -0.2) is 0 Å². The first-order valence-electron chi connectivity index (χ1n) is 5.82. The monoisotopic (exact) mass is 226 g/mol. The second-order valence-electron chi connectivity index (χ2n) is 5.78. The molecule has 0 heterocycles. The number of hydrogen-bond donors (Lipinski definition) is 2. The van der Waals surface area contributed by atoms with Crippen LogP contribution in [-0.2, 0) is 4.79 Å². The maximum absolute atomic E-state index is 11.9. The van der Waals surface area contributed by atoms with Gasteiger partial charge in [0, 0.05) is 17.2 Å². The zero-order valence-corrected chi connectivity index (χ0v) is 11.4. The Labute approximate surface area is 99.5 Å². The molecule has 0 rings (SSSR count). The van der Waals surface area contributed by atoms with Gasteiger partial charge in [-0.05, 0) is 12.8 Å². The Kier molecular flexibility index (Phi) is 5.20. The van der Waals surface area contributed by atoms with Crippen LogP contribution in [0.4, 0.5) is 0 Å². The predicted octanol–water partition coefficient (Wildman–Crippen LogP) is 2.08. The molecule has 0 aliphatic rings. The van der Waals surface area contributed by atoms with Gasteiger partial charge >= 0.3 is 0 Å². The molecule has 3 heteroatoms. The van der Waals surface area contributed by atoms with Crippen LogP contribution < -0.4 is 11.1 Å². The molecule has 2 unspecified atom stereocenters. The number of nitrogens with two attached hydrogens (primary N) is 1. The van der Waals surface area contributed by atoms with E-state index in [2.05, 4.69) is 11.9 Å². The van der Waals surface area contributed by atoms with E-state index in [4.69, 9.17) is 5.73 Å². The minimum absolute atomic E-state index is 0.116. The van der Waals surface area contributed by atoms with Gasteiger partial charge in [0.25, 0.3) is 0 Å². The molecule has 0 radical (unpaired) electrons. The Bertz CT molecular complexity index is 264. The standard InChI is InChI=1S/C13H26N2O/c1-8(2)11(14)9(3)15-10(4)12(16)13(5,6)7/h8,10-11,15H,3,14H2,1-2,4-7H3. The van der Waals surface area contributed by atoms with Crippen molar-refractivity contribution >= 4 is 5.78 Å². The fourth-order valence-electron chi connectivity index (χ4n) is 1.49. The third kappa shape index (κ3) is 4.35. The lowest BCUT2D eigenvalue weighted by Crippen LogP contribution is -2.45. The molecule has 94 valence electrons. The van der Waals surface area contributed by atoms with Crippen molar-refractivity contribution in [2.75, 3.05) is 0 Å². The fourth-order valence-corrected chi connectivity index (χ4v) is 1.49. The van der Waals surface area contributed by atoms with Gasteiger partial charge in [-0.2, -0.15) is 0 Å². The van der Waals surface area contributed by atoms with Crippen molar-refractivity contribution in [2.45, 2.75) is 53.6 Å². The molecule has 0 aliphatic carbocycles. The lowest BCUT2D eigenvalue weighted by molar-refractivity contribution is -0.127. The largest absolute Gasteiger partial charge is 0.378 e. The van der Waals surface area contributed by atoms with Crippen LogP contribution in [0, 0.1) is 11.3 Å². The van der Waals surface area contributed by atoms with E-state index in [-0.39, 0.29) is 23.3 Å². The topological polar surface area (TPSA) is 55.1 Å². The minimum Gasteiger partial charge on any atom is -0.378 e. The van der Waals surface area contributed by atoms with Crippen molar-refractivity contribution in [3.8, 4) is 0 Å². The van der Waals surface area contributed by atoms with Crippen LogP contribution in [0.5, 0.6) is 0 Å². The number of carbonyl (C=O) groups excluding carboxylic acids is 1. The summed E-state index contributed by atoms with van der Waals surface area (Å²) in [6.07, 6.45) is 0. The van der Waals surface area contributed by atoms with Crippen molar-refractivity contribution in [3.63, 3.8) is 0 Å². The lowest BCUT2D eigenvalue weighted by Gasteiger charge is -2.27. The van der Waals surface area contributed by atoms with Crippen LogP contribution in [0.25, 0.3) is 0 Å². The van der Waals surface area contributed by atoms with Crippen LogP contribution in [0.3, 0.4) is 0 Å². The van der Waals surface area contributed by atoms with E-state index in [0.717, 1.165) is 5.70 Å². The number of carbonyl (C=O) groups is 1. The molecular formula is C13H26N2O. The summed E-state index contributed by atoms with van der Waals surface area (Å²) in [6.45, 7) is 15.6. The van der Waals surface area contributed by atoms with Crippen LogP contribution >= 0.6 is 0 Å². The third-order valence-corrected chi connectivity index (χ3v) is 2.65. The summed E-state index contributed by atoms with van der Waals surface area (Å²) in [6, 6.07) is -0.354. The molecule has 0 spiro atoms. The van der Waals surface area contributed by atoms with Gasteiger partial charge in [-0.3, -0.25) is 4.79 Å². The molecule has 2 atom stereocenters. The highest BCUT2D eigenvalue weighted by molar-refractivity contribution is 5.88. The average molecular weight is 226 g/mol. The second-order valence-corrected chi connectivity index (χ2v) is 5.78. The summed E-state index contributed by atoms with van der Waals surface area (Å²) in [4.78, 5) is 11.9. The van der Waals surface area contributed by atoms with Gasteiger partial charge in [0.05, 0.1) is 6.04 Å². The molecule has 0 aromatic rings. The first-order chi connectivity index (χ1) is 7.07. The zero-order valence-electron chi connectivity index (χ0n) is 11.4. The van der Waals surface area contributed by atoms with E-state index in [1.807, 2.05) is 41.5 Å². The average Bonchev–Trinajstić information content (AvgIpc) is 2.13. The second kappa shape index (κ2) is 5.48. The molecule has 0 aromatic carbocycles. The zero-order chi connectivity index (χ0) is 13.1. The Morgan fingerprint density at radius 1 is 1.25 bits per heavy atom. The fraction of sp³-hybridized carbons (Fsp3) is 0.769. The van der Waals surface area contributed by atoms with Crippen LogP contribution in [0.1, 0.15) is 41.5 Å². The molecule has 0 saturated heterocycles. The molecule has 0 aromatic heterocycles. The number of nitrogens with one attached hydrogen (secondary N) is 1. The molecule has 16 heavy (non-hydrogen) atoms. The summed E-state index contributed by atoms with van der Waals surface area (Å²) < 4.78 is 0. The number of hydrogen-bond acceptors (Lipinski definition) is 3. The van der Waals surface area contributed by atoms with Gasteiger partial charge < -0.3 is 11.1 Å². The van der Waals surface area contributed by atoms with Gasteiger partial charge in [0.2, 0.25) is 0 Å². The molecule has 0 bridgehead atoms.